The van der Waals surface area contributed by atoms with Crippen LogP contribution in [0.15, 0.2) is 42.1 Å². The predicted molar refractivity (Wildman–Crippen MR) is 72.3 cm³/mol. The molecular weight excluding hydrogens is 206 g/mol. The Bertz CT molecular complexity index is 461. The third kappa shape index (κ3) is 2.14. The lowest BCUT2D eigenvalue weighted by atomic mass is 9.94. The summed E-state index contributed by atoms with van der Waals surface area (Å²) in [5.41, 5.74) is 5.44. The summed E-state index contributed by atoms with van der Waals surface area (Å²) in [6, 6.07) is 8.81. The predicted octanol–water partition coefficient (Wildman–Crippen LogP) is 3.58. The molecule has 0 N–H and O–H groups in total. The van der Waals surface area contributed by atoms with Gasteiger partial charge in [-0.3, -0.25) is 0 Å². The quantitative estimate of drug-likeness (QED) is 0.742. The van der Waals surface area contributed by atoms with Crippen molar-refractivity contribution < 1.29 is 0 Å². The van der Waals surface area contributed by atoms with E-state index in [1.54, 1.807) is 0 Å². The van der Waals surface area contributed by atoms with Gasteiger partial charge in [0.15, 0.2) is 0 Å². The first-order valence-corrected chi connectivity index (χ1v) is 6.40. The molecule has 1 aliphatic carbocycles. The fraction of sp³-hybridized carbons (Fsp3) is 0.312. The number of allylic oxidation sites excluding steroid dienone is 3. The monoisotopic (exact) mass is 224 g/mol. The van der Waals surface area contributed by atoms with E-state index in [9.17, 15) is 0 Å². The van der Waals surface area contributed by atoms with E-state index < -0.39 is 0 Å². The molecule has 1 aromatic carbocycles. The highest BCUT2D eigenvalue weighted by Gasteiger charge is 2.18. The maximum absolute atomic E-state index is 2.46. The number of benzene rings is 1. The van der Waals surface area contributed by atoms with Gasteiger partial charge in [-0.15, -0.1) is 0 Å². The van der Waals surface area contributed by atoms with Crippen LogP contribution in [0.4, 0.5) is 0 Å². The molecule has 0 unspecified atom stereocenters. The van der Waals surface area contributed by atoms with E-state index in [4.69, 9.17) is 0 Å². The van der Waals surface area contributed by atoms with E-state index in [0.29, 0.717) is 0 Å². The first kappa shape index (κ1) is 10.6. The maximum atomic E-state index is 2.46. The van der Waals surface area contributed by atoms with Crippen molar-refractivity contribution in [2.45, 2.75) is 19.8 Å². The van der Waals surface area contributed by atoms with Crippen LogP contribution in [0.25, 0.3) is 5.57 Å². The minimum atomic E-state index is 1.06. The zero-order valence-electron chi connectivity index (χ0n) is 10.3. The molecule has 2 aliphatic rings. The summed E-state index contributed by atoms with van der Waals surface area (Å²) in [4.78, 5) is 2.46. The summed E-state index contributed by atoms with van der Waals surface area (Å²) in [6.07, 6.45) is 9.37. The molecule has 0 aromatic heterocycles. The van der Waals surface area contributed by atoms with E-state index >= 15 is 0 Å². The van der Waals surface area contributed by atoms with Gasteiger partial charge in [0.2, 0.25) is 0 Å². The topological polar surface area (TPSA) is 3.24 Å². The molecule has 1 fully saturated rings. The van der Waals surface area contributed by atoms with E-state index in [1.807, 2.05) is 0 Å². The Kier molecular flexibility index (Phi) is 2.76. The van der Waals surface area contributed by atoms with Gasteiger partial charge in [-0.2, -0.15) is 0 Å². The molecule has 0 spiro atoms. The summed E-state index contributed by atoms with van der Waals surface area (Å²) >= 11 is 0. The number of hydrogen-bond donors (Lipinski definition) is 0. The second-order valence-electron chi connectivity index (χ2n) is 4.88. The largest absolute Gasteiger partial charge is 0.372 e. The molecule has 1 aliphatic heterocycles. The molecule has 1 radical (unpaired) electrons. The number of likely N-dealkylation sites (tertiary alicyclic amines) is 1. The summed E-state index contributed by atoms with van der Waals surface area (Å²) in [7, 11) is 0. The Hall–Kier alpha value is -1.50. The highest BCUT2D eigenvalue weighted by atomic mass is 15.2. The molecule has 1 aromatic rings. The third-order valence-electron chi connectivity index (χ3n) is 3.57. The number of nitrogens with zero attached hydrogens (tertiary/aromatic N) is 1. The van der Waals surface area contributed by atoms with Crippen molar-refractivity contribution in [1.82, 2.24) is 4.90 Å². The molecule has 3 rings (SSSR count). The van der Waals surface area contributed by atoms with Gasteiger partial charge in [0.05, 0.1) is 0 Å². The SMILES string of the molecule is Cc1ccc(C2=CC(N3CCC3)=CC[CH]2)cc1. The summed E-state index contributed by atoms with van der Waals surface area (Å²) in [6.45, 7) is 4.58. The average Bonchev–Trinajstić information content (AvgIpc) is 2.28. The number of aryl methyl sites for hydroxylation is 1. The van der Waals surface area contributed by atoms with E-state index in [0.717, 1.165) is 6.42 Å². The summed E-state index contributed by atoms with van der Waals surface area (Å²) in [5.74, 6) is 0. The Balaban J connectivity index is 1.85. The van der Waals surface area contributed by atoms with Crippen LogP contribution >= 0.6 is 0 Å². The molecule has 0 amide bonds. The van der Waals surface area contributed by atoms with Gasteiger partial charge in [-0.1, -0.05) is 35.9 Å². The van der Waals surface area contributed by atoms with Crippen molar-refractivity contribution in [3.8, 4) is 0 Å². The molecular formula is C16H18N. The van der Waals surface area contributed by atoms with Gasteiger partial charge < -0.3 is 4.90 Å². The zero-order valence-corrected chi connectivity index (χ0v) is 10.3. The fourth-order valence-electron chi connectivity index (χ4n) is 2.33. The second-order valence-corrected chi connectivity index (χ2v) is 4.88. The molecule has 1 saturated heterocycles. The van der Waals surface area contributed by atoms with Crippen LogP contribution in [-0.4, -0.2) is 18.0 Å². The lowest BCUT2D eigenvalue weighted by molar-refractivity contribution is 0.246. The summed E-state index contributed by atoms with van der Waals surface area (Å²) in [5, 5.41) is 0. The standard InChI is InChI=1S/C16H18N/c1-13-6-8-14(9-7-13)15-4-2-5-16(12-15)17-10-3-11-17/h4-9,12H,2-3,10-11H2,1H3. The third-order valence-corrected chi connectivity index (χ3v) is 3.57. The van der Waals surface area contributed by atoms with E-state index in [1.165, 1.54) is 41.9 Å². The molecule has 1 heteroatoms. The first-order valence-electron chi connectivity index (χ1n) is 6.40. The first-order chi connectivity index (χ1) is 8.33. The number of hydrogen-bond acceptors (Lipinski definition) is 1. The van der Waals surface area contributed by atoms with Crippen molar-refractivity contribution in [2.75, 3.05) is 13.1 Å². The normalized spacial score (nSPS) is 19.5. The van der Waals surface area contributed by atoms with Crippen LogP contribution in [0.2, 0.25) is 0 Å². The molecule has 0 saturated carbocycles. The fourth-order valence-corrected chi connectivity index (χ4v) is 2.33. The summed E-state index contributed by atoms with van der Waals surface area (Å²) < 4.78 is 0. The molecule has 1 heterocycles. The maximum Gasteiger partial charge on any atom is 0.0328 e. The van der Waals surface area contributed by atoms with Crippen molar-refractivity contribution in [1.29, 1.82) is 0 Å². The smallest absolute Gasteiger partial charge is 0.0328 e. The van der Waals surface area contributed by atoms with Crippen molar-refractivity contribution >= 4 is 5.57 Å². The Morgan fingerprint density at radius 3 is 2.47 bits per heavy atom. The highest BCUT2D eigenvalue weighted by Crippen LogP contribution is 2.29. The van der Waals surface area contributed by atoms with Crippen LogP contribution in [0.5, 0.6) is 0 Å². The highest BCUT2D eigenvalue weighted by molar-refractivity contribution is 5.75. The minimum Gasteiger partial charge on any atom is -0.372 e. The lowest BCUT2D eigenvalue weighted by Gasteiger charge is -2.35. The van der Waals surface area contributed by atoms with Gasteiger partial charge in [0.1, 0.15) is 0 Å². The second kappa shape index (κ2) is 4.40. The average molecular weight is 224 g/mol. The minimum absolute atomic E-state index is 1.06. The molecule has 87 valence electrons. The van der Waals surface area contributed by atoms with Gasteiger partial charge >= 0.3 is 0 Å². The van der Waals surface area contributed by atoms with Crippen molar-refractivity contribution in [3.63, 3.8) is 0 Å². The van der Waals surface area contributed by atoms with Crippen LogP contribution in [0.3, 0.4) is 0 Å². The van der Waals surface area contributed by atoms with Gasteiger partial charge in [-0.05, 0) is 43.4 Å². The molecule has 1 nitrogen and oxygen atoms in total. The Morgan fingerprint density at radius 1 is 1.06 bits per heavy atom. The van der Waals surface area contributed by atoms with Crippen LogP contribution < -0.4 is 0 Å². The van der Waals surface area contributed by atoms with Crippen LogP contribution in [0, 0.1) is 13.3 Å². The molecule has 0 bridgehead atoms. The van der Waals surface area contributed by atoms with E-state index in [2.05, 4.69) is 54.7 Å². The zero-order chi connectivity index (χ0) is 11.7. The van der Waals surface area contributed by atoms with Crippen molar-refractivity contribution in [2.24, 2.45) is 0 Å². The number of rotatable bonds is 2. The Labute approximate surface area is 103 Å². The van der Waals surface area contributed by atoms with Crippen molar-refractivity contribution in [3.05, 3.63) is 59.7 Å². The molecule has 0 atom stereocenters. The molecule has 17 heavy (non-hydrogen) atoms. The van der Waals surface area contributed by atoms with Gasteiger partial charge in [0.25, 0.3) is 0 Å². The lowest BCUT2D eigenvalue weighted by Crippen LogP contribution is -2.36. The van der Waals surface area contributed by atoms with Gasteiger partial charge in [-0.25, -0.2) is 0 Å². The van der Waals surface area contributed by atoms with E-state index in [-0.39, 0.29) is 0 Å². The van der Waals surface area contributed by atoms with Gasteiger partial charge in [0, 0.05) is 18.8 Å². The van der Waals surface area contributed by atoms with Crippen LogP contribution in [0.1, 0.15) is 24.0 Å². The van der Waals surface area contributed by atoms with Crippen LogP contribution in [-0.2, 0) is 0 Å². The Morgan fingerprint density at radius 2 is 1.82 bits per heavy atom.